The van der Waals surface area contributed by atoms with Crippen LogP contribution >= 0.6 is 0 Å². The zero-order chi connectivity index (χ0) is 12.8. The molecule has 0 aromatic heterocycles. The molecule has 1 rings (SSSR count). The molecule has 0 saturated heterocycles. The highest BCUT2D eigenvalue weighted by Crippen LogP contribution is 2.28. The van der Waals surface area contributed by atoms with Crippen LogP contribution in [0.4, 0.5) is 4.79 Å². The fraction of sp³-hybridized carbons (Fsp3) is 0.417. The van der Waals surface area contributed by atoms with Crippen molar-refractivity contribution in [3.63, 3.8) is 0 Å². The van der Waals surface area contributed by atoms with Crippen molar-refractivity contribution in [3.8, 4) is 11.5 Å². The summed E-state index contributed by atoms with van der Waals surface area (Å²) < 4.78 is 14.9. The average Bonchev–Trinajstić information content (AvgIpc) is 2.35. The standard InChI is InChI=1S/C12H17NO4/c1-8-5-9(15-2)6-11(16-3)10(8)7-13-12(14)17-4/h5-6H,7H2,1-4H3,(H,13,14). The van der Waals surface area contributed by atoms with Gasteiger partial charge >= 0.3 is 6.09 Å². The number of ether oxygens (including phenoxy) is 3. The molecular formula is C12H17NO4. The van der Waals surface area contributed by atoms with E-state index in [4.69, 9.17) is 9.47 Å². The Kier molecular flexibility index (Phi) is 4.63. The van der Waals surface area contributed by atoms with Crippen molar-refractivity contribution in [3.05, 3.63) is 23.3 Å². The second-order valence-corrected chi connectivity index (χ2v) is 3.47. The molecule has 0 atom stereocenters. The fourth-order valence-corrected chi connectivity index (χ4v) is 1.51. The first-order chi connectivity index (χ1) is 8.12. The SMILES string of the molecule is COC(=O)NCc1c(C)cc(OC)cc1OC. The Morgan fingerprint density at radius 3 is 2.47 bits per heavy atom. The smallest absolute Gasteiger partial charge is 0.407 e. The third-order valence-electron chi connectivity index (χ3n) is 2.46. The molecule has 5 heteroatoms. The summed E-state index contributed by atoms with van der Waals surface area (Å²) in [7, 11) is 4.50. The number of nitrogens with one attached hydrogen (secondary N) is 1. The van der Waals surface area contributed by atoms with Gasteiger partial charge in [-0.15, -0.1) is 0 Å². The minimum Gasteiger partial charge on any atom is -0.497 e. The van der Waals surface area contributed by atoms with Gasteiger partial charge in [0.05, 0.1) is 27.9 Å². The van der Waals surface area contributed by atoms with Crippen molar-refractivity contribution in [1.29, 1.82) is 0 Å². The van der Waals surface area contributed by atoms with Gasteiger partial charge in [0.15, 0.2) is 0 Å². The average molecular weight is 239 g/mol. The zero-order valence-electron chi connectivity index (χ0n) is 10.5. The van der Waals surface area contributed by atoms with E-state index in [0.717, 1.165) is 16.9 Å². The van der Waals surface area contributed by atoms with Crippen LogP contribution < -0.4 is 14.8 Å². The lowest BCUT2D eigenvalue weighted by Gasteiger charge is -2.14. The second-order valence-electron chi connectivity index (χ2n) is 3.47. The Labute approximate surface area is 101 Å². The van der Waals surface area contributed by atoms with Crippen molar-refractivity contribution in [2.75, 3.05) is 21.3 Å². The number of hydrogen-bond acceptors (Lipinski definition) is 4. The number of carbonyl (C=O) groups is 1. The Hall–Kier alpha value is -1.91. The van der Waals surface area contributed by atoms with E-state index in [1.165, 1.54) is 7.11 Å². The topological polar surface area (TPSA) is 56.8 Å². The number of alkyl carbamates (subject to hydrolysis) is 1. The van der Waals surface area contributed by atoms with E-state index in [1.807, 2.05) is 13.0 Å². The first kappa shape index (κ1) is 13.2. The van der Waals surface area contributed by atoms with E-state index in [2.05, 4.69) is 10.1 Å². The van der Waals surface area contributed by atoms with Crippen LogP contribution in [0.2, 0.25) is 0 Å². The van der Waals surface area contributed by atoms with Gasteiger partial charge in [0.1, 0.15) is 11.5 Å². The molecule has 94 valence electrons. The zero-order valence-corrected chi connectivity index (χ0v) is 10.5. The summed E-state index contributed by atoms with van der Waals surface area (Å²) in [5, 5.41) is 2.62. The van der Waals surface area contributed by atoms with Crippen LogP contribution in [0.3, 0.4) is 0 Å². The van der Waals surface area contributed by atoms with E-state index in [1.54, 1.807) is 20.3 Å². The van der Waals surface area contributed by atoms with Gasteiger partial charge in [0, 0.05) is 11.6 Å². The lowest BCUT2D eigenvalue weighted by atomic mass is 10.1. The number of methoxy groups -OCH3 is 3. The van der Waals surface area contributed by atoms with Gasteiger partial charge in [0.2, 0.25) is 0 Å². The Bertz CT molecular complexity index is 404. The third-order valence-corrected chi connectivity index (χ3v) is 2.46. The number of rotatable bonds is 4. The molecule has 17 heavy (non-hydrogen) atoms. The molecule has 0 bridgehead atoms. The predicted octanol–water partition coefficient (Wildman–Crippen LogP) is 1.87. The van der Waals surface area contributed by atoms with Gasteiger partial charge in [0.25, 0.3) is 0 Å². The van der Waals surface area contributed by atoms with Gasteiger partial charge in [-0.2, -0.15) is 0 Å². The summed E-state index contributed by atoms with van der Waals surface area (Å²) >= 11 is 0. The number of carbonyl (C=O) groups excluding carboxylic acids is 1. The van der Waals surface area contributed by atoms with Crippen LogP contribution in [0.15, 0.2) is 12.1 Å². The molecule has 0 saturated carbocycles. The summed E-state index contributed by atoms with van der Waals surface area (Å²) in [5.74, 6) is 1.40. The molecule has 0 heterocycles. The largest absolute Gasteiger partial charge is 0.497 e. The van der Waals surface area contributed by atoms with Crippen molar-refractivity contribution >= 4 is 6.09 Å². The molecule has 0 unspecified atom stereocenters. The molecule has 0 radical (unpaired) electrons. The summed E-state index contributed by atoms with van der Waals surface area (Å²) in [6.07, 6.45) is -0.470. The highest BCUT2D eigenvalue weighted by molar-refractivity contribution is 5.67. The number of amides is 1. The highest BCUT2D eigenvalue weighted by Gasteiger charge is 2.10. The van der Waals surface area contributed by atoms with Crippen molar-refractivity contribution in [1.82, 2.24) is 5.32 Å². The molecule has 0 aliphatic heterocycles. The van der Waals surface area contributed by atoms with E-state index < -0.39 is 6.09 Å². The minimum atomic E-state index is -0.470. The minimum absolute atomic E-state index is 0.353. The molecule has 0 aliphatic carbocycles. The third kappa shape index (κ3) is 3.27. The second kappa shape index (κ2) is 5.98. The Morgan fingerprint density at radius 2 is 1.94 bits per heavy atom. The summed E-state index contributed by atoms with van der Waals surface area (Å²) in [6.45, 7) is 2.28. The highest BCUT2D eigenvalue weighted by atomic mass is 16.5. The maximum atomic E-state index is 11.0. The molecule has 1 N–H and O–H groups in total. The molecule has 1 aromatic carbocycles. The van der Waals surface area contributed by atoms with Gasteiger partial charge < -0.3 is 19.5 Å². The van der Waals surface area contributed by atoms with Crippen LogP contribution in [0.25, 0.3) is 0 Å². The van der Waals surface area contributed by atoms with E-state index in [-0.39, 0.29) is 0 Å². The van der Waals surface area contributed by atoms with Gasteiger partial charge in [-0.25, -0.2) is 4.79 Å². The normalized spacial score (nSPS) is 9.65. The molecular weight excluding hydrogens is 222 g/mol. The van der Waals surface area contributed by atoms with Crippen molar-refractivity contribution in [2.24, 2.45) is 0 Å². The number of aryl methyl sites for hydroxylation is 1. The van der Waals surface area contributed by atoms with Crippen LogP contribution in [-0.4, -0.2) is 27.4 Å². The fourth-order valence-electron chi connectivity index (χ4n) is 1.51. The molecule has 0 fully saturated rings. The van der Waals surface area contributed by atoms with Crippen LogP contribution in [-0.2, 0) is 11.3 Å². The molecule has 0 aliphatic rings. The van der Waals surface area contributed by atoms with Crippen molar-refractivity contribution in [2.45, 2.75) is 13.5 Å². The molecule has 5 nitrogen and oxygen atoms in total. The quantitative estimate of drug-likeness (QED) is 0.871. The first-order valence-electron chi connectivity index (χ1n) is 5.15. The molecule has 1 amide bonds. The van der Waals surface area contributed by atoms with Crippen molar-refractivity contribution < 1.29 is 19.0 Å². The maximum Gasteiger partial charge on any atom is 0.407 e. The van der Waals surface area contributed by atoms with Gasteiger partial charge in [-0.3, -0.25) is 0 Å². The van der Waals surface area contributed by atoms with E-state index >= 15 is 0 Å². The van der Waals surface area contributed by atoms with Gasteiger partial charge in [-0.05, 0) is 18.6 Å². The monoisotopic (exact) mass is 239 g/mol. The Balaban J connectivity index is 2.93. The summed E-state index contributed by atoms with van der Waals surface area (Å²) in [6, 6.07) is 3.66. The predicted molar refractivity (Wildman–Crippen MR) is 63.5 cm³/mol. The van der Waals surface area contributed by atoms with Crippen LogP contribution in [0.5, 0.6) is 11.5 Å². The van der Waals surface area contributed by atoms with E-state index in [9.17, 15) is 4.79 Å². The lowest BCUT2D eigenvalue weighted by Crippen LogP contribution is -2.23. The van der Waals surface area contributed by atoms with Crippen LogP contribution in [0.1, 0.15) is 11.1 Å². The van der Waals surface area contributed by atoms with Crippen LogP contribution in [0, 0.1) is 6.92 Å². The molecule has 0 spiro atoms. The van der Waals surface area contributed by atoms with E-state index in [0.29, 0.717) is 12.3 Å². The Morgan fingerprint density at radius 1 is 1.24 bits per heavy atom. The number of hydrogen-bond donors (Lipinski definition) is 1. The first-order valence-corrected chi connectivity index (χ1v) is 5.15. The molecule has 1 aromatic rings. The lowest BCUT2D eigenvalue weighted by molar-refractivity contribution is 0.170. The summed E-state index contributed by atoms with van der Waals surface area (Å²) in [5.41, 5.74) is 1.89. The maximum absolute atomic E-state index is 11.0. The van der Waals surface area contributed by atoms with Gasteiger partial charge in [-0.1, -0.05) is 0 Å². The summed E-state index contributed by atoms with van der Waals surface area (Å²) in [4.78, 5) is 11.0. The number of benzene rings is 1.